The standard InChI is InChI=1S/C25H32N6O5/c1-17(2)12-13-26-23(32)15-30(19-8-6-7-9-20(19)34-3)24(33)16-31-28-25(27-29-31)18-10-11-21(35-4)22(14-18)36-5/h6-11,14,17H,12-13,15-16H2,1-5H3,(H,26,32). The van der Waals surface area contributed by atoms with Crippen molar-refractivity contribution < 1.29 is 23.8 Å². The van der Waals surface area contributed by atoms with E-state index in [0.29, 0.717) is 46.8 Å². The lowest BCUT2D eigenvalue weighted by Gasteiger charge is -2.24. The first-order chi connectivity index (χ1) is 17.4. The number of ether oxygens (including phenoxy) is 3. The zero-order chi connectivity index (χ0) is 26.1. The second kappa shape index (κ2) is 12.5. The number of amides is 2. The molecule has 0 atom stereocenters. The van der Waals surface area contributed by atoms with E-state index in [0.717, 1.165) is 6.42 Å². The molecule has 2 amide bonds. The van der Waals surface area contributed by atoms with Gasteiger partial charge in [0.15, 0.2) is 11.5 Å². The quantitative estimate of drug-likeness (QED) is 0.406. The third kappa shape index (κ3) is 6.71. The molecule has 36 heavy (non-hydrogen) atoms. The molecule has 2 aromatic carbocycles. The summed E-state index contributed by atoms with van der Waals surface area (Å²) in [7, 11) is 4.60. The highest BCUT2D eigenvalue weighted by Crippen LogP contribution is 2.31. The Hall–Kier alpha value is -4.15. The summed E-state index contributed by atoms with van der Waals surface area (Å²) >= 11 is 0. The molecule has 0 saturated carbocycles. The number of nitrogens with zero attached hydrogens (tertiary/aromatic N) is 5. The van der Waals surface area contributed by atoms with Gasteiger partial charge >= 0.3 is 0 Å². The predicted molar refractivity (Wildman–Crippen MR) is 134 cm³/mol. The lowest BCUT2D eigenvalue weighted by atomic mass is 10.1. The number of rotatable bonds is 12. The third-order valence-corrected chi connectivity index (χ3v) is 5.39. The summed E-state index contributed by atoms with van der Waals surface area (Å²) < 4.78 is 16.0. The van der Waals surface area contributed by atoms with Gasteiger partial charge < -0.3 is 19.5 Å². The first-order valence-corrected chi connectivity index (χ1v) is 11.6. The molecule has 0 radical (unpaired) electrons. The molecule has 1 aromatic heterocycles. The Balaban J connectivity index is 1.80. The number of para-hydroxylation sites is 2. The summed E-state index contributed by atoms with van der Waals surface area (Å²) in [5.41, 5.74) is 1.13. The molecule has 1 heterocycles. The number of carbonyl (C=O) groups excluding carboxylic acids is 2. The van der Waals surface area contributed by atoms with Gasteiger partial charge in [-0.05, 0) is 47.9 Å². The first-order valence-electron chi connectivity index (χ1n) is 11.6. The molecule has 11 heteroatoms. The second-order valence-corrected chi connectivity index (χ2v) is 8.40. The number of anilines is 1. The molecule has 3 aromatic rings. The highest BCUT2D eigenvalue weighted by Gasteiger charge is 2.23. The number of hydrogen-bond acceptors (Lipinski definition) is 8. The van der Waals surface area contributed by atoms with Crippen LogP contribution in [-0.4, -0.2) is 66.4 Å². The maximum atomic E-state index is 13.4. The SMILES string of the molecule is COc1ccc(-c2nnn(CC(=O)N(CC(=O)NCCC(C)C)c3ccccc3OC)n2)cc1OC. The molecular formula is C25H32N6O5. The second-order valence-electron chi connectivity index (χ2n) is 8.40. The van der Waals surface area contributed by atoms with Crippen LogP contribution in [0.3, 0.4) is 0 Å². The molecular weight excluding hydrogens is 464 g/mol. The average Bonchev–Trinajstić information content (AvgIpc) is 3.34. The van der Waals surface area contributed by atoms with Gasteiger partial charge in [0.2, 0.25) is 11.7 Å². The zero-order valence-corrected chi connectivity index (χ0v) is 21.2. The molecule has 0 unspecified atom stereocenters. The summed E-state index contributed by atoms with van der Waals surface area (Å²) in [6.45, 7) is 4.30. The van der Waals surface area contributed by atoms with Crippen molar-refractivity contribution in [3.8, 4) is 28.6 Å². The van der Waals surface area contributed by atoms with Crippen LogP contribution in [0.4, 0.5) is 5.69 Å². The average molecular weight is 497 g/mol. The van der Waals surface area contributed by atoms with E-state index in [-0.39, 0.29) is 19.0 Å². The number of aromatic nitrogens is 4. The Morgan fingerprint density at radius 1 is 1.00 bits per heavy atom. The van der Waals surface area contributed by atoms with Crippen LogP contribution in [0.5, 0.6) is 17.2 Å². The third-order valence-electron chi connectivity index (χ3n) is 5.39. The summed E-state index contributed by atoms with van der Waals surface area (Å²) in [4.78, 5) is 28.6. The lowest BCUT2D eigenvalue weighted by molar-refractivity contribution is -0.124. The fourth-order valence-corrected chi connectivity index (χ4v) is 3.47. The molecule has 0 spiro atoms. The minimum atomic E-state index is -0.394. The molecule has 0 fully saturated rings. The summed E-state index contributed by atoms with van der Waals surface area (Å²) in [6.07, 6.45) is 0.843. The molecule has 192 valence electrons. The minimum Gasteiger partial charge on any atom is -0.495 e. The van der Waals surface area contributed by atoms with E-state index < -0.39 is 5.91 Å². The number of tetrazole rings is 1. The highest BCUT2D eigenvalue weighted by atomic mass is 16.5. The van der Waals surface area contributed by atoms with Gasteiger partial charge in [-0.2, -0.15) is 4.80 Å². The number of hydrogen-bond donors (Lipinski definition) is 1. The molecule has 11 nitrogen and oxygen atoms in total. The van der Waals surface area contributed by atoms with Crippen LogP contribution in [0, 0.1) is 5.92 Å². The van der Waals surface area contributed by atoms with Gasteiger partial charge in [0.1, 0.15) is 18.8 Å². The monoisotopic (exact) mass is 496 g/mol. The van der Waals surface area contributed by atoms with Crippen molar-refractivity contribution in [2.24, 2.45) is 5.92 Å². The van der Waals surface area contributed by atoms with E-state index in [1.807, 2.05) is 0 Å². The molecule has 0 aliphatic rings. The van der Waals surface area contributed by atoms with Crippen LogP contribution in [0.1, 0.15) is 20.3 Å². The minimum absolute atomic E-state index is 0.172. The summed E-state index contributed by atoms with van der Waals surface area (Å²) in [5.74, 6) is 1.67. The van der Waals surface area contributed by atoms with Crippen LogP contribution in [0.15, 0.2) is 42.5 Å². The van der Waals surface area contributed by atoms with Gasteiger partial charge in [-0.3, -0.25) is 14.5 Å². The van der Waals surface area contributed by atoms with Crippen molar-refractivity contribution >= 4 is 17.5 Å². The molecule has 1 N–H and O–H groups in total. The van der Waals surface area contributed by atoms with Crippen molar-refractivity contribution in [1.29, 1.82) is 0 Å². The summed E-state index contributed by atoms with van der Waals surface area (Å²) in [6, 6.07) is 12.3. The van der Waals surface area contributed by atoms with E-state index in [4.69, 9.17) is 14.2 Å². The van der Waals surface area contributed by atoms with Crippen molar-refractivity contribution in [3.05, 3.63) is 42.5 Å². The van der Waals surface area contributed by atoms with Crippen LogP contribution in [0.2, 0.25) is 0 Å². The molecule has 3 rings (SSSR count). The molecule has 0 aliphatic carbocycles. The molecule has 0 bridgehead atoms. The van der Waals surface area contributed by atoms with E-state index >= 15 is 0 Å². The topological polar surface area (TPSA) is 121 Å². The highest BCUT2D eigenvalue weighted by molar-refractivity contribution is 5.99. The van der Waals surface area contributed by atoms with Crippen molar-refractivity contribution in [2.75, 3.05) is 39.3 Å². The maximum Gasteiger partial charge on any atom is 0.251 e. The van der Waals surface area contributed by atoms with Crippen molar-refractivity contribution in [2.45, 2.75) is 26.8 Å². The Bertz CT molecular complexity index is 1180. The maximum absolute atomic E-state index is 13.4. The van der Waals surface area contributed by atoms with Crippen molar-refractivity contribution in [3.63, 3.8) is 0 Å². The fraction of sp³-hybridized carbons (Fsp3) is 0.400. The zero-order valence-electron chi connectivity index (χ0n) is 21.2. The first kappa shape index (κ1) is 26.5. The molecule has 0 aliphatic heterocycles. The van der Waals surface area contributed by atoms with Crippen LogP contribution in [-0.2, 0) is 16.1 Å². The number of nitrogens with one attached hydrogen (secondary N) is 1. The Kier molecular flexibility index (Phi) is 9.20. The van der Waals surface area contributed by atoms with Crippen LogP contribution in [0.25, 0.3) is 11.4 Å². The summed E-state index contributed by atoms with van der Waals surface area (Å²) in [5, 5.41) is 15.3. The smallest absolute Gasteiger partial charge is 0.251 e. The largest absolute Gasteiger partial charge is 0.495 e. The van der Waals surface area contributed by atoms with Crippen molar-refractivity contribution in [1.82, 2.24) is 25.5 Å². The van der Waals surface area contributed by atoms with E-state index in [2.05, 4.69) is 34.6 Å². The predicted octanol–water partition coefficient (Wildman–Crippen LogP) is 2.56. The van der Waals surface area contributed by atoms with Gasteiger partial charge in [-0.1, -0.05) is 26.0 Å². The lowest BCUT2D eigenvalue weighted by Crippen LogP contribution is -2.43. The number of carbonyl (C=O) groups is 2. The Morgan fingerprint density at radius 3 is 2.42 bits per heavy atom. The molecule has 0 saturated heterocycles. The Morgan fingerprint density at radius 2 is 1.72 bits per heavy atom. The van der Waals surface area contributed by atoms with E-state index in [9.17, 15) is 9.59 Å². The van der Waals surface area contributed by atoms with E-state index in [1.54, 1.807) is 49.6 Å². The fourth-order valence-electron chi connectivity index (χ4n) is 3.47. The van der Waals surface area contributed by atoms with E-state index in [1.165, 1.54) is 23.9 Å². The van der Waals surface area contributed by atoms with Gasteiger partial charge in [0.05, 0.1) is 27.0 Å². The number of benzene rings is 2. The van der Waals surface area contributed by atoms with Gasteiger partial charge in [-0.25, -0.2) is 0 Å². The van der Waals surface area contributed by atoms with Crippen LogP contribution >= 0.6 is 0 Å². The normalized spacial score (nSPS) is 10.7. The number of methoxy groups -OCH3 is 3. The van der Waals surface area contributed by atoms with Crippen LogP contribution < -0.4 is 24.4 Å². The van der Waals surface area contributed by atoms with Gasteiger partial charge in [0, 0.05) is 12.1 Å². The van der Waals surface area contributed by atoms with Gasteiger partial charge in [-0.15, -0.1) is 10.2 Å². The Labute approximate surface area is 210 Å². The van der Waals surface area contributed by atoms with Gasteiger partial charge in [0.25, 0.3) is 5.91 Å².